The van der Waals surface area contributed by atoms with E-state index in [2.05, 4.69) is 4.98 Å². The van der Waals surface area contributed by atoms with Crippen LogP contribution in [0.4, 0.5) is 0 Å². The van der Waals surface area contributed by atoms with Gasteiger partial charge in [0.15, 0.2) is 0 Å². The van der Waals surface area contributed by atoms with Crippen LogP contribution in [0.5, 0.6) is 0 Å². The first-order valence-corrected chi connectivity index (χ1v) is 6.40. The fraction of sp³-hybridized carbons (Fsp3) is 0.692. The zero-order valence-electron chi connectivity index (χ0n) is 11.3. The highest BCUT2D eigenvalue weighted by molar-refractivity contribution is 5.75. The Bertz CT molecular complexity index is 446. The number of carbonyl (C=O) groups is 1. The van der Waals surface area contributed by atoms with Crippen LogP contribution in [0.15, 0.2) is 6.20 Å². The number of aryl methyl sites for hydroxylation is 1. The predicted octanol–water partition coefficient (Wildman–Crippen LogP) is 1.56. The van der Waals surface area contributed by atoms with Crippen LogP contribution in [0.3, 0.4) is 0 Å². The summed E-state index contributed by atoms with van der Waals surface area (Å²) in [6, 6.07) is -0.249. The van der Waals surface area contributed by atoms with Crippen molar-refractivity contribution in [2.75, 3.05) is 0 Å². The first-order chi connectivity index (χ1) is 8.40. The van der Waals surface area contributed by atoms with Gasteiger partial charge >= 0.3 is 5.97 Å². The molecule has 0 spiro atoms. The number of nitrogens with two attached hydrogens (primary N) is 1. The minimum atomic E-state index is -0.452. The third-order valence-electron chi connectivity index (χ3n) is 2.96. The predicted molar refractivity (Wildman–Crippen MR) is 67.9 cm³/mol. The van der Waals surface area contributed by atoms with Crippen LogP contribution in [0.2, 0.25) is 0 Å². The molecule has 2 rings (SSSR count). The van der Waals surface area contributed by atoms with Gasteiger partial charge in [0, 0.05) is 19.2 Å². The molecule has 0 saturated heterocycles. The van der Waals surface area contributed by atoms with E-state index in [4.69, 9.17) is 10.5 Å². The van der Waals surface area contributed by atoms with Gasteiger partial charge in [-0.2, -0.15) is 0 Å². The van der Waals surface area contributed by atoms with Crippen molar-refractivity contribution in [1.82, 2.24) is 9.55 Å². The van der Waals surface area contributed by atoms with Crippen LogP contribution >= 0.6 is 0 Å². The third kappa shape index (κ3) is 2.72. The fourth-order valence-electron chi connectivity index (χ4n) is 2.23. The number of rotatable bonds is 2. The molecule has 0 bridgehead atoms. The normalized spacial score (nSPS) is 19.4. The first kappa shape index (κ1) is 13.1. The number of imidazole rings is 1. The number of fused-ring (bicyclic) bond motifs is 1. The summed E-state index contributed by atoms with van der Waals surface area (Å²) in [5, 5.41) is 0. The van der Waals surface area contributed by atoms with Crippen LogP contribution in [0.1, 0.15) is 51.2 Å². The molecule has 0 amide bonds. The Morgan fingerprint density at radius 3 is 2.94 bits per heavy atom. The van der Waals surface area contributed by atoms with E-state index < -0.39 is 5.60 Å². The van der Waals surface area contributed by atoms with Crippen molar-refractivity contribution >= 4 is 5.97 Å². The van der Waals surface area contributed by atoms with Crippen LogP contribution in [0.25, 0.3) is 0 Å². The summed E-state index contributed by atoms with van der Waals surface area (Å²) in [5.41, 5.74) is 5.97. The van der Waals surface area contributed by atoms with E-state index >= 15 is 0 Å². The molecule has 0 radical (unpaired) electrons. The number of carbonyl (C=O) groups excluding carboxylic acids is 1. The maximum atomic E-state index is 12.2. The number of ether oxygens (including phenoxy) is 1. The van der Waals surface area contributed by atoms with Gasteiger partial charge in [0.25, 0.3) is 0 Å². The zero-order chi connectivity index (χ0) is 13.3. The van der Waals surface area contributed by atoms with Gasteiger partial charge < -0.3 is 15.0 Å². The molecule has 18 heavy (non-hydrogen) atoms. The van der Waals surface area contributed by atoms with Gasteiger partial charge in [-0.3, -0.25) is 0 Å². The number of hydrogen-bond donors (Lipinski definition) is 1. The summed E-state index contributed by atoms with van der Waals surface area (Å²) in [5.74, 6) is 0.766. The molecule has 1 aromatic rings. The van der Waals surface area contributed by atoms with E-state index in [1.807, 2.05) is 31.5 Å². The number of nitrogens with zero attached hydrogens (tertiary/aromatic N) is 2. The largest absolute Gasteiger partial charge is 0.458 e. The van der Waals surface area contributed by atoms with E-state index in [9.17, 15) is 4.79 Å². The van der Waals surface area contributed by atoms with E-state index in [0.717, 1.165) is 30.8 Å². The standard InChI is InChI=1S/C13H21N3O2/c1-13(2,3)18-12(17)10-5-4-6-11-15-9(7-14)8-16(10)11/h8,10H,4-7,14H2,1-3H3. The van der Waals surface area contributed by atoms with Gasteiger partial charge in [-0.1, -0.05) is 0 Å². The average molecular weight is 251 g/mol. The van der Waals surface area contributed by atoms with Crippen molar-refractivity contribution < 1.29 is 9.53 Å². The van der Waals surface area contributed by atoms with Crippen LogP contribution in [-0.4, -0.2) is 21.1 Å². The van der Waals surface area contributed by atoms with E-state index in [0.29, 0.717) is 6.54 Å². The molecule has 100 valence electrons. The highest BCUT2D eigenvalue weighted by Gasteiger charge is 2.30. The molecule has 0 aromatic carbocycles. The van der Waals surface area contributed by atoms with Crippen molar-refractivity contribution in [2.45, 2.75) is 58.2 Å². The molecular formula is C13H21N3O2. The molecule has 0 aliphatic carbocycles. The smallest absolute Gasteiger partial charge is 0.329 e. The summed E-state index contributed by atoms with van der Waals surface area (Å²) in [4.78, 5) is 16.6. The van der Waals surface area contributed by atoms with Crippen LogP contribution in [-0.2, 0) is 22.5 Å². The number of hydrogen-bond acceptors (Lipinski definition) is 4. The van der Waals surface area contributed by atoms with Crippen molar-refractivity contribution in [3.8, 4) is 0 Å². The third-order valence-corrected chi connectivity index (χ3v) is 2.96. The van der Waals surface area contributed by atoms with Gasteiger partial charge in [-0.05, 0) is 33.6 Å². The number of esters is 1. The summed E-state index contributed by atoms with van der Waals surface area (Å²) in [6.45, 7) is 6.05. The van der Waals surface area contributed by atoms with Gasteiger partial charge in [0.2, 0.25) is 0 Å². The lowest BCUT2D eigenvalue weighted by molar-refractivity contribution is -0.159. The highest BCUT2D eigenvalue weighted by Crippen LogP contribution is 2.27. The molecule has 0 fully saturated rings. The second kappa shape index (κ2) is 4.72. The second-order valence-corrected chi connectivity index (χ2v) is 5.70. The van der Waals surface area contributed by atoms with Crippen LogP contribution in [0, 0.1) is 0 Å². The molecule has 0 saturated carbocycles. The molecule has 5 nitrogen and oxygen atoms in total. The summed E-state index contributed by atoms with van der Waals surface area (Å²) in [7, 11) is 0. The molecular weight excluding hydrogens is 230 g/mol. The van der Waals surface area contributed by atoms with E-state index in [1.54, 1.807) is 0 Å². The minimum Gasteiger partial charge on any atom is -0.458 e. The minimum absolute atomic E-state index is 0.176. The summed E-state index contributed by atoms with van der Waals surface area (Å²) < 4.78 is 7.39. The molecule has 5 heteroatoms. The summed E-state index contributed by atoms with van der Waals surface area (Å²) in [6.07, 6.45) is 4.55. The lowest BCUT2D eigenvalue weighted by Gasteiger charge is -2.27. The monoisotopic (exact) mass is 251 g/mol. The first-order valence-electron chi connectivity index (χ1n) is 6.40. The van der Waals surface area contributed by atoms with Crippen molar-refractivity contribution in [3.63, 3.8) is 0 Å². The maximum absolute atomic E-state index is 12.2. The SMILES string of the molecule is CC(C)(C)OC(=O)C1CCCc2nc(CN)cn21. The van der Waals surface area contributed by atoms with Gasteiger partial charge in [0.1, 0.15) is 17.5 Å². The van der Waals surface area contributed by atoms with Crippen LogP contribution < -0.4 is 5.73 Å². The molecule has 1 aliphatic heterocycles. The fourth-order valence-corrected chi connectivity index (χ4v) is 2.23. The Balaban J connectivity index is 2.21. The van der Waals surface area contributed by atoms with Crippen molar-refractivity contribution in [3.05, 3.63) is 17.7 Å². The Morgan fingerprint density at radius 1 is 1.61 bits per heavy atom. The molecule has 2 N–H and O–H groups in total. The lowest BCUT2D eigenvalue weighted by Crippen LogP contribution is -2.32. The Hall–Kier alpha value is -1.36. The Morgan fingerprint density at radius 2 is 2.33 bits per heavy atom. The van der Waals surface area contributed by atoms with Crippen molar-refractivity contribution in [2.24, 2.45) is 5.73 Å². The molecule has 1 atom stereocenters. The average Bonchev–Trinajstić information content (AvgIpc) is 2.68. The quantitative estimate of drug-likeness (QED) is 0.810. The van der Waals surface area contributed by atoms with E-state index in [1.165, 1.54) is 0 Å². The Labute approximate surface area is 107 Å². The van der Waals surface area contributed by atoms with Crippen molar-refractivity contribution in [1.29, 1.82) is 0 Å². The van der Waals surface area contributed by atoms with Gasteiger partial charge in [-0.15, -0.1) is 0 Å². The topological polar surface area (TPSA) is 70.1 Å². The van der Waals surface area contributed by atoms with E-state index in [-0.39, 0.29) is 12.0 Å². The van der Waals surface area contributed by atoms with Gasteiger partial charge in [0.05, 0.1) is 5.69 Å². The van der Waals surface area contributed by atoms with Gasteiger partial charge in [-0.25, -0.2) is 9.78 Å². The molecule has 1 unspecified atom stereocenters. The summed E-state index contributed by atoms with van der Waals surface area (Å²) >= 11 is 0. The molecule has 1 aliphatic rings. The maximum Gasteiger partial charge on any atom is 0.329 e. The zero-order valence-corrected chi connectivity index (χ0v) is 11.3. The highest BCUT2D eigenvalue weighted by atomic mass is 16.6. The molecule has 1 aromatic heterocycles. The Kier molecular flexibility index (Phi) is 3.43. The second-order valence-electron chi connectivity index (χ2n) is 5.70. The molecule has 2 heterocycles. The lowest BCUT2D eigenvalue weighted by atomic mass is 10.0. The number of aromatic nitrogens is 2.